The van der Waals surface area contributed by atoms with Crippen molar-refractivity contribution in [3.8, 4) is 0 Å². The van der Waals surface area contributed by atoms with Gasteiger partial charge in [-0.1, -0.05) is 37.6 Å². The number of hydrogen-bond donors (Lipinski definition) is 1. The Labute approximate surface area is 111 Å². The van der Waals surface area contributed by atoms with Crippen LogP contribution in [0.2, 0.25) is 0 Å². The lowest BCUT2D eigenvalue weighted by atomic mass is 10.0. The molecule has 0 spiro atoms. The van der Waals surface area contributed by atoms with Crippen LogP contribution in [0.3, 0.4) is 0 Å². The standard InChI is InChI=1S/C16H25NO/c1-3-7-16(8-9-16)13-17-11-14-5-4-6-15(10-14)12-18-2/h4-6,10,17H,3,7-9,11-13H2,1-2H3. The van der Waals surface area contributed by atoms with Gasteiger partial charge in [0.05, 0.1) is 6.61 Å². The van der Waals surface area contributed by atoms with Gasteiger partial charge in [-0.25, -0.2) is 0 Å². The molecule has 0 aromatic heterocycles. The highest BCUT2D eigenvalue weighted by Gasteiger charge is 2.40. The average molecular weight is 247 g/mol. The molecule has 1 N–H and O–H groups in total. The van der Waals surface area contributed by atoms with Gasteiger partial charge in [-0.05, 0) is 35.8 Å². The molecule has 100 valence electrons. The third-order valence-corrected chi connectivity index (χ3v) is 3.87. The van der Waals surface area contributed by atoms with Gasteiger partial charge >= 0.3 is 0 Å². The van der Waals surface area contributed by atoms with E-state index in [9.17, 15) is 0 Å². The van der Waals surface area contributed by atoms with E-state index in [1.54, 1.807) is 7.11 Å². The van der Waals surface area contributed by atoms with E-state index in [0.29, 0.717) is 12.0 Å². The molecule has 0 heterocycles. The van der Waals surface area contributed by atoms with E-state index >= 15 is 0 Å². The summed E-state index contributed by atoms with van der Waals surface area (Å²) < 4.78 is 5.16. The molecule has 2 heteroatoms. The van der Waals surface area contributed by atoms with Gasteiger partial charge in [0.2, 0.25) is 0 Å². The molecule has 1 saturated carbocycles. The lowest BCUT2D eigenvalue weighted by molar-refractivity contribution is 0.185. The second kappa shape index (κ2) is 6.35. The minimum atomic E-state index is 0.638. The Kier molecular flexibility index (Phi) is 4.79. The zero-order valence-electron chi connectivity index (χ0n) is 11.7. The smallest absolute Gasteiger partial charge is 0.0713 e. The number of ether oxygens (including phenoxy) is 1. The summed E-state index contributed by atoms with van der Waals surface area (Å²) in [5, 5.41) is 3.62. The summed E-state index contributed by atoms with van der Waals surface area (Å²) in [4.78, 5) is 0. The van der Waals surface area contributed by atoms with Crippen LogP contribution in [0.4, 0.5) is 0 Å². The van der Waals surface area contributed by atoms with Crippen LogP contribution in [0.5, 0.6) is 0 Å². The Hall–Kier alpha value is -0.860. The van der Waals surface area contributed by atoms with E-state index in [0.717, 1.165) is 6.54 Å². The fourth-order valence-electron chi connectivity index (χ4n) is 2.69. The molecule has 0 unspecified atom stereocenters. The second-order valence-corrected chi connectivity index (χ2v) is 5.61. The Balaban J connectivity index is 1.78. The van der Waals surface area contributed by atoms with Gasteiger partial charge in [0, 0.05) is 20.2 Å². The molecule has 0 radical (unpaired) electrons. The Morgan fingerprint density at radius 3 is 2.72 bits per heavy atom. The van der Waals surface area contributed by atoms with Crippen LogP contribution in [0.15, 0.2) is 24.3 Å². The van der Waals surface area contributed by atoms with Crippen LogP contribution < -0.4 is 5.32 Å². The predicted octanol–water partition coefficient (Wildman–Crippen LogP) is 3.50. The van der Waals surface area contributed by atoms with Gasteiger partial charge in [-0.3, -0.25) is 0 Å². The van der Waals surface area contributed by atoms with Crippen LogP contribution >= 0.6 is 0 Å². The first-order valence-corrected chi connectivity index (χ1v) is 7.05. The summed E-state index contributed by atoms with van der Waals surface area (Å²) in [7, 11) is 1.74. The van der Waals surface area contributed by atoms with Crippen molar-refractivity contribution in [1.29, 1.82) is 0 Å². The summed E-state index contributed by atoms with van der Waals surface area (Å²) in [6.45, 7) is 5.14. The quantitative estimate of drug-likeness (QED) is 0.759. The molecular weight excluding hydrogens is 222 g/mol. The summed E-state index contributed by atoms with van der Waals surface area (Å²) >= 11 is 0. The molecule has 0 amide bonds. The Morgan fingerprint density at radius 2 is 2.06 bits per heavy atom. The highest BCUT2D eigenvalue weighted by molar-refractivity contribution is 5.22. The van der Waals surface area contributed by atoms with Crippen LogP contribution in [0.1, 0.15) is 43.7 Å². The van der Waals surface area contributed by atoms with Gasteiger partial charge in [0.25, 0.3) is 0 Å². The number of rotatable bonds is 8. The van der Waals surface area contributed by atoms with Gasteiger partial charge in [-0.15, -0.1) is 0 Å². The van der Waals surface area contributed by atoms with Crippen molar-refractivity contribution in [1.82, 2.24) is 5.32 Å². The summed E-state index contributed by atoms with van der Waals surface area (Å²) in [5.41, 5.74) is 3.25. The van der Waals surface area contributed by atoms with Crippen molar-refractivity contribution in [2.75, 3.05) is 13.7 Å². The van der Waals surface area contributed by atoms with E-state index in [2.05, 4.69) is 36.5 Å². The predicted molar refractivity (Wildman–Crippen MR) is 75.4 cm³/mol. The first-order chi connectivity index (χ1) is 8.78. The molecule has 2 nitrogen and oxygen atoms in total. The highest BCUT2D eigenvalue weighted by atomic mass is 16.5. The van der Waals surface area contributed by atoms with Crippen molar-refractivity contribution in [2.24, 2.45) is 5.41 Å². The monoisotopic (exact) mass is 247 g/mol. The minimum absolute atomic E-state index is 0.638. The summed E-state index contributed by atoms with van der Waals surface area (Å²) in [6, 6.07) is 8.65. The van der Waals surface area contributed by atoms with Gasteiger partial charge in [0.1, 0.15) is 0 Å². The van der Waals surface area contributed by atoms with Crippen molar-refractivity contribution in [3.63, 3.8) is 0 Å². The molecule has 18 heavy (non-hydrogen) atoms. The number of methoxy groups -OCH3 is 1. The van der Waals surface area contributed by atoms with Gasteiger partial charge in [-0.2, -0.15) is 0 Å². The van der Waals surface area contributed by atoms with E-state index < -0.39 is 0 Å². The Bertz CT molecular complexity index is 371. The van der Waals surface area contributed by atoms with Crippen molar-refractivity contribution in [3.05, 3.63) is 35.4 Å². The molecular formula is C16H25NO. The third-order valence-electron chi connectivity index (χ3n) is 3.87. The zero-order chi connectivity index (χ0) is 12.8. The number of hydrogen-bond acceptors (Lipinski definition) is 2. The average Bonchev–Trinajstić information content (AvgIpc) is 3.11. The largest absolute Gasteiger partial charge is 0.380 e. The highest BCUT2D eigenvalue weighted by Crippen LogP contribution is 2.48. The molecule has 0 atom stereocenters. The first-order valence-electron chi connectivity index (χ1n) is 7.05. The molecule has 0 bridgehead atoms. The van der Waals surface area contributed by atoms with Gasteiger partial charge in [0.15, 0.2) is 0 Å². The van der Waals surface area contributed by atoms with Crippen molar-refractivity contribution < 1.29 is 4.74 Å². The van der Waals surface area contributed by atoms with Crippen LogP contribution in [0, 0.1) is 5.41 Å². The molecule has 0 aliphatic heterocycles. The van der Waals surface area contributed by atoms with Crippen LogP contribution in [0.25, 0.3) is 0 Å². The Morgan fingerprint density at radius 1 is 1.28 bits per heavy atom. The maximum atomic E-state index is 5.16. The minimum Gasteiger partial charge on any atom is -0.380 e. The van der Waals surface area contributed by atoms with E-state index in [-0.39, 0.29) is 0 Å². The first kappa shape index (κ1) is 13.6. The molecule has 1 aliphatic carbocycles. The molecule has 2 rings (SSSR count). The maximum absolute atomic E-state index is 5.16. The summed E-state index contributed by atoms with van der Waals surface area (Å²) in [6.07, 6.45) is 5.52. The topological polar surface area (TPSA) is 21.3 Å². The second-order valence-electron chi connectivity index (χ2n) is 5.61. The van der Waals surface area contributed by atoms with E-state index in [1.807, 2.05) is 0 Å². The SMILES string of the molecule is CCCC1(CNCc2cccc(COC)c2)CC1. The third kappa shape index (κ3) is 3.82. The molecule has 1 aliphatic rings. The lowest BCUT2D eigenvalue weighted by Crippen LogP contribution is -2.23. The fourth-order valence-corrected chi connectivity index (χ4v) is 2.69. The van der Waals surface area contributed by atoms with E-state index in [1.165, 1.54) is 43.4 Å². The summed E-state index contributed by atoms with van der Waals surface area (Å²) in [5.74, 6) is 0. The van der Waals surface area contributed by atoms with E-state index in [4.69, 9.17) is 4.74 Å². The van der Waals surface area contributed by atoms with Crippen molar-refractivity contribution >= 4 is 0 Å². The number of benzene rings is 1. The molecule has 1 aromatic carbocycles. The zero-order valence-corrected chi connectivity index (χ0v) is 11.7. The normalized spacial score (nSPS) is 16.8. The fraction of sp³-hybridized carbons (Fsp3) is 0.625. The molecule has 1 aromatic rings. The number of nitrogens with one attached hydrogen (secondary N) is 1. The molecule has 1 fully saturated rings. The lowest BCUT2D eigenvalue weighted by Gasteiger charge is -2.15. The van der Waals surface area contributed by atoms with Crippen molar-refractivity contribution in [2.45, 2.75) is 45.8 Å². The van der Waals surface area contributed by atoms with Gasteiger partial charge < -0.3 is 10.1 Å². The maximum Gasteiger partial charge on any atom is 0.0713 e. The molecule has 0 saturated heterocycles. The van der Waals surface area contributed by atoms with Crippen LogP contribution in [-0.4, -0.2) is 13.7 Å². The van der Waals surface area contributed by atoms with Crippen LogP contribution in [-0.2, 0) is 17.9 Å².